The van der Waals surface area contributed by atoms with Crippen LogP contribution in [0.3, 0.4) is 0 Å². The van der Waals surface area contributed by atoms with Gasteiger partial charge in [0.15, 0.2) is 0 Å². The summed E-state index contributed by atoms with van der Waals surface area (Å²) in [6.45, 7) is 0.702. The zero-order chi connectivity index (χ0) is 12.7. The molecule has 1 N–H and O–H groups in total. The molecule has 1 aliphatic heterocycles. The van der Waals surface area contributed by atoms with E-state index in [0.29, 0.717) is 6.61 Å². The lowest BCUT2D eigenvalue weighted by Gasteiger charge is -2.14. The molecule has 1 aromatic heterocycles. The molecule has 0 amide bonds. The second-order valence-electron chi connectivity index (χ2n) is 4.12. The quantitative estimate of drug-likeness (QED) is 0.830. The van der Waals surface area contributed by atoms with Crippen LogP contribution in [0.15, 0.2) is 31.8 Å². The highest BCUT2D eigenvalue weighted by Gasteiger charge is 2.24. The lowest BCUT2D eigenvalue weighted by atomic mass is 10.0. The van der Waals surface area contributed by atoms with E-state index < -0.39 is 6.10 Å². The molecule has 94 valence electrons. The molecule has 0 fully saturated rings. The molecule has 0 radical (unpaired) electrons. The lowest BCUT2D eigenvalue weighted by molar-refractivity contribution is 0.213. The third kappa shape index (κ3) is 2.13. The highest BCUT2D eigenvalue weighted by molar-refractivity contribution is 9.12. The van der Waals surface area contributed by atoms with Crippen LogP contribution in [0.2, 0.25) is 0 Å². The van der Waals surface area contributed by atoms with Crippen LogP contribution in [-0.4, -0.2) is 11.7 Å². The van der Waals surface area contributed by atoms with Crippen molar-refractivity contribution in [2.45, 2.75) is 12.5 Å². The first-order chi connectivity index (χ1) is 8.66. The molecular weight excluding hydrogens is 380 g/mol. The Hall–Kier alpha value is -0.360. The van der Waals surface area contributed by atoms with Gasteiger partial charge >= 0.3 is 0 Å². The van der Waals surface area contributed by atoms with Gasteiger partial charge in [0.2, 0.25) is 0 Å². The van der Waals surface area contributed by atoms with Gasteiger partial charge in [-0.15, -0.1) is 11.3 Å². The molecule has 5 heteroatoms. The number of fused-ring (bicyclic) bond motifs is 1. The van der Waals surface area contributed by atoms with E-state index >= 15 is 0 Å². The number of hydrogen-bond acceptors (Lipinski definition) is 3. The molecule has 18 heavy (non-hydrogen) atoms. The number of benzene rings is 1. The lowest BCUT2D eigenvalue weighted by Crippen LogP contribution is -2.01. The van der Waals surface area contributed by atoms with Gasteiger partial charge in [-0.1, -0.05) is 18.2 Å². The standard InChI is InChI=1S/C13H10Br2O2S/c14-10-6-9(13(15)18-10)11(16)8-3-1-2-7-4-5-17-12(7)8/h1-3,6,11,16H,4-5H2. The molecule has 2 aromatic rings. The fourth-order valence-electron chi connectivity index (χ4n) is 2.16. The Kier molecular flexibility index (Phi) is 3.49. The first kappa shape index (κ1) is 12.7. The van der Waals surface area contributed by atoms with Gasteiger partial charge in [-0.2, -0.15) is 0 Å². The van der Waals surface area contributed by atoms with Gasteiger partial charge in [-0.05, 0) is 43.5 Å². The van der Waals surface area contributed by atoms with E-state index in [2.05, 4.69) is 37.9 Å². The molecule has 1 unspecified atom stereocenters. The molecule has 1 aliphatic rings. The Labute approximate surface area is 126 Å². The van der Waals surface area contributed by atoms with E-state index in [-0.39, 0.29) is 0 Å². The first-order valence-electron chi connectivity index (χ1n) is 5.54. The Balaban J connectivity index is 2.05. The van der Waals surface area contributed by atoms with Gasteiger partial charge in [0.25, 0.3) is 0 Å². The molecule has 0 aliphatic carbocycles. The Bertz CT molecular complexity index is 595. The smallest absolute Gasteiger partial charge is 0.128 e. The third-order valence-electron chi connectivity index (χ3n) is 3.02. The summed E-state index contributed by atoms with van der Waals surface area (Å²) < 4.78 is 7.57. The molecule has 0 bridgehead atoms. The van der Waals surface area contributed by atoms with E-state index in [1.54, 1.807) is 11.3 Å². The SMILES string of the molecule is OC(c1cc(Br)sc1Br)c1cccc2c1OCC2. The molecular formula is C13H10Br2O2S. The topological polar surface area (TPSA) is 29.5 Å². The summed E-state index contributed by atoms with van der Waals surface area (Å²) in [7, 11) is 0. The van der Waals surface area contributed by atoms with Crippen molar-refractivity contribution in [2.75, 3.05) is 6.61 Å². The van der Waals surface area contributed by atoms with Crippen LogP contribution >= 0.6 is 43.2 Å². The zero-order valence-corrected chi connectivity index (χ0v) is 13.3. The summed E-state index contributed by atoms with van der Waals surface area (Å²) in [6, 6.07) is 7.89. The predicted octanol–water partition coefficient (Wildman–Crippen LogP) is 4.29. The molecule has 1 aromatic carbocycles. The number of aliphatic hydroxyl groups excluding tert-OH is 1. The summed E-state index contributed by atoms with van der Waals surface area (Å²) >= 11 is 8.47. The van der Waals surface area contributed by atoms with Gasteiger partial charge in [0, 0.05) is 17.5 Å². The monoisotopic (exact) mass is 388 g/mol. The molecule has 3 rings (SSSR count). The van der Waals surface area contributed by atoms with Crippen LogP contribution in [0, 0.1) is 0 Å². The molecule has 0 spiro atoms. The predicted molar refractivity (Wildman–Crippen MR) is 79.4 cm³/mol. The average Bonchev–Trinajstić information content (AvgIpc) is 2.94. The average molecular weight is 390 g/mol. The van der Waals surface area contributed by atoms with Crippen molar-refractivity contribution in [3.05, 3.63) is 48.5 Å². The normalized spacial score (nSPS) is 15.3. The van der Waals surface area contributed by atoms with Gasteiger partial charge in [-0.3, -0.25) is 0 Å². The van der Waals surface area contributed by atoms with Crippen molar-refractivity contribution in [2.24, 2.45) is 0 Å². The first-order valence-corrected chi connectivity index (χ1v) is 7.94. The van der Waals surface area contributed by atoms with Gasteiger partial charge in [0.1, 0.15) is 11.9 Å². The fourth-order valence-corrected chi connectivity index (χ4v) is 5.05. The molecule has 0 saturated heterocycles. The highest BCUT2D eigenvalue weighted by Crippen LogP contribution is 2.41. The molecule has 2 heterocycles. The van der Waals surface area contributed by atoms with Crippen molar-refractivity contribution in [3.8, 4) is 5.75 Å². The van der Waals surface area contributed by atoms with Crippen molar-refractivity contribution < 1.29 is 9.84 Å². The van der Waals surface area contributed by atoms with Gasteiger partial charge in [0.05, 0.1) is 14.2 Å². The Morgan fingerprint density at radius 1 is 1.28 bits per heavy atom. The second kappa shape index (κ2) is 4.96. The number of ether oxygens (including phenoxy) is 1. The minimum absolute atomic E-state index is 0.657. The van der Waals surface area contributed by atoms with E-state index in [1.807, 2.05) is 18.2 Å². The maximum atomic E-state index is 10.5. The van der Waals surface area contributed by atoms with Crippen LogP contribution in [0.5, 0.6) is 5.75 Å². The van der Waals surface area contributed by atoms with E-state index in [4.69, 9.17) is 4.74 Å². The van der Waals surface area contributed by atoms with Crippen molar-refractivity contribution in [3.63, 3.8) is 0 Å². The zero-order valence-electron chi connectivity index (χ0n) is 9.32. The van der Waals surface area contributed by atoms with E-state index in [0.717, 1.165) is 30.9 Å². The number of rotatable bonds is 2. The van der Waals surface area contributed by atoms with E-state index in [9.17, 15) is 5.11 Å². The number of para-hydroxylation sites is 1. The van der Waals surface area contributed by atoms with E-state index in [1.165, 1.54) is 5.56 Å². The Morgan fingerprint density at radius 2 is 2.11 bits per heavy atom. The summed E-state index contributed by atoms with van der Waals surface area (Å²) in [5.74, 6) is 0.847. The summed E-state index contributed by atoms with van der Waals surface area (Å²) in [4.78, 5) is 0. The minimum Gasteiger partial charge on any atom is -0.493 e. The van der Waals surface area contributed by atoms with Crippen molar-refractivity contribution in [1.82, 2.24) is 0 Å². The van der Waals surface area contributed by atoms with Crippen LogP contribution in [0.1, 0.15) is 22.8 Å². The van der Waals surface area contributed by atoms with Gasteiger partial charge in [-0.25, -0.2) is 0 Å². The maximum Gasteiger partial charge on any atom is 0.128 e. The number of thiophene rings is 1. The van der Waals surface area contributed by atoms with Crippen LogP contribution in [0.25, 0.3) is 0 Å². The van der Waals surface area contributed by atoms with Crippen LogP contribution in [0.4, 0.5) is 0 Å². The second-order valence-corrected chi connectivity index (χ2v) is 7.87. The molecule has 2 nitrogen and oxygen atoms in total. The maximum absolute atomic E-state index is 10.5. The molecule has 0 saturated carbocycles. The van der Waals surface area contributed by atoms with Gasteiger partial charge < -0.3 is 9.84 Å². The van der Waals surface area contributed by atoms with Crippen LogP contribution in [-0.2, 0) is 6.42 Å². The fraction of sp³-hybridized carbons (Fsp3) is 0.231. The Morgan fingerprint density at radius 3 is 2.83 bits per heavy atom. The number of hydrogen-bond donors (Lipinski definition) is 1. The van der Waals surface area contributed by atoms with Crippen LogP contribution < -0.4 is 4.74 Å². The summed E-state index contributed by atoms with van der Waals surface area (Å²) in [5, 5.41) is 10.5. The minimum atomic E-state index is -0.657. The highest BCUT2D eigenvalue weighted by atomic mass is 79.9. The van der Waals surface area contributed by atoms with Crippen molar-refractivity contribution >= 4 is 43.2 Å². The third-order valence-corrected chi connectivity index (χ3v) is 5.40. The van der Waals surface area contributed by atoms with Crippen molar-refractivity contribution in [1.29, 1.82) is 0 Å². The summed E-state index contributed by atoms with van der Waals surface area (Å²) in [6.07, 6.45) is 0.264. The number of halogens is 2. The number of aliphatic hydroxyl groups is 1. The molecule has 1 atom stereocenters. The largest absolute Gasteiger partial charge is 0.493 e. The summed E-state index contributed by atoms with van der Waals surface area (Å²) in [5.41, 5.74) is 2.89.